The molecule has 0 aromatic carbocycles. The van der Waals surface area contributed by atoms with Crippen LogP contribution in [0.4, 0.5) is 5.13 Å². The maximum atomic E-state index is 12.7. The second-order valence-corrected chi connectivity index (χ2v) is 8.52. The molecular formula is C19H25ClN4O4S. The number of rotatable bonds is 7. The third kappa shape index (κ3) is 4.79. The van der Waals surface area contributed by atoms with Gasteiger partial charge < -0.3 is 20.1 Å². The fourth-order valence-corrected chi connectivity index (χ4v) is 4.80. The molecule has 1 fully saturated rings. The number of hydrogen-bond donors (Lipinski definition) is 2. The molecule has 0 bridgehead atoms. The topological polar surface area (TPSA) is 104 Å². The van der Waals surface area contributed by atoms with E-state index in [1.165, 1.54) is 0 Å². The molecule has 2 aliphatic heterocycles. The molecule has 3 heterocycles. The first kappa shape index (κ1) is 21.7. The molecule has 3 rings (SSSR count). The summed E-state index contributed by atoms with van der Waals surface area (Å²) < 4.78 is 5.61. The second-order valence-electron chi connectivity index (χ2n) is 7.18. The predicted molar refractivity (Wildman–Crippen MR) is 113 cm³/mol. The Labute approximate surface area is 178 Å². The summed E-state index contributed by atoms with van der Waals surface area (Å²) in [7, 11) is 1.61. The number of allylic oxidation sites excluding steroid dienone is 1. The average Bonchev–Trinajstić information content (AvgIpc) is 3.25. The first-order chi connectivity index (χ1) is 13.8. The first-order valence-corrected chi connectivity index (χ1v) is 10.8. The van der Waals surface area contributed by atoms with Crippen LogP contribution in [0.3, 0.4) is 0 Å². The first-order valence-electron chi connectivity index (χ1n) is 9.58. The van der Waals surface area contributed by atoms with Crippen molar-refractivity contribution in [3.05, 3.63) is 21.3 Å². The van der Waals surface area contributed by atoms with Crippen molar-refractivity contribution in [2.75, 3.05) is 25.1 Å². The van der Waals surface area contributed by atoms with E-state index in [1.807, 2.05) is 4.90 Å². The number of halogens is 1. The minimum Gasteiger partial charge on any atom is -0.477 e. The lowest BCUT2D eigenvalue weighted by molar-refractivity contribution is -0.116. The summed E-state index contributed by atoms with van der Waals surface area (Å²) in [5, 5.41) is 13.4. The van der Waals surface area contributed by atoms with Gasteiger partial charge in [-0.25, -0.2) is 14.8 Å². The Bertz CT molecular complexity index is 866. The third-order valence-electron chi connectivity index (χ3n) is 5.15. The fourth-order valence-electron chi connectivity index (χ4n) is 3.60. The van der Waals surface area contributed by atoms with Crippen LogP contribution in [-0.2, 0) is 9.53 Å². The van der Waals surface area contributed by atoms with E-state index in [9.17, 15) is 14.7 Å². The summed E-state index contributed by atoms with van der Waals surface area (Å²) in [5.41, 5.74) is 1.96. The monoisotopic (exact) mass is 440 g/mol. The summed E-state index contributed by atoms with van der Waals surface area (Å²) >= 11 is 7.31. The molecule has 158 valence electrons. The van der Waals surface area contributed by atoms with Crippen LogP contribution in [0.1, 0.15) is 48.0 Å². The van der Waals surface area contributed by atoms with Crippen molar-refractivity contribution >= 4 is 45.7 Å². The zero-order valence-electron chi connectivity index (χ0n) is 16.7. The number of aromatic nitrogens is 1. The number of methoxy groups -OCH3 is 1. The maximum Gasteiger partial charge on any atom is 0.347 e. The highest BCUT2D eigenvalue weighted by atomic mass is 35.5. The number of piperidine rings is 1. The highest BCUT2D eigenvalue weighted by Gasteiger charge is 2.34. The highest BCUT2D eigenvalue weighted by Crippen LogP contribution is 2.30. The Morgan fingerprint density at radius 1 is 1.45 bits per heavy atom. The van der Waals surface area contributed by atoms with E-state index >= 15 is 0 Å². The van der Waals surface area contributed by atoms with Crippen LogP contribution in [0.15, 0.2) is 15.7 Å². The number of aromatic carboxylic acids is 1. The number of carbonyl (C=O) groups is 2. The molecule has 2 aliphatic rings. The van der Waals surface area contributed by atoms with Crippen molar-refractivity contribution in [2.45, 2.75) is 51.7 Å². The number of anilines is 1. The molecule has 2 N–H and O–H groups in total. The molecule has 0 spiro atoms. The van der Waals surface area contributed by atoms with Gasteiger partial charge in [-0.05, 0) is 25.3 Å². The molecule has 10 heteroatoms. The standard InChI is InChI=1S/C19H25ClN4O4S/c1-4-5-11-8-13(22-16(11)20)17(25)23-12-6-7-24(9-14(12)28-3)19-21-10(2)15(29-19)18(26)27/h12,14H,4-9H2,1-3H3,(H,23,25)(H,26,27)/t12-,14+/m1/s1. The van der Waals surface area contributed by atoms with Crippen molar-refractivity contribution in [1.82, 2.24) is 10.3 Å². The number of aryl methyl sites for hydroxylation is 1. The fraction of sp³-hybridized carbons (Fsp3) is 0.579. The van der Waals surface area contributed by atoms with Gasteiger partial charge in [0.2, 0.25) is 0 Å². The van der Waals surface area contributed by atoms with Gasteiger partial charge in [-0.15, -0.1) is 0 Å². The molecule has 1 aromatic rings. The molecule has 0 unspecified atom stereocenters. The molecule has 29 heavy (non-hydrogen) atoms. The van der Waals surface area contributed by atoms with E-state index in [4.69, 9.17) is 16.3 Å². The largest absolute Gasteiger partial charge is 0.477 e. The smallest absolute Gasteiger partial charge is 0.347 e. The van der Waals surface area contributed by atoms with Gasteiger partial charge in [0.25, 0.3) is 5.91 Å². The molecule has 8 nitrogen and oxygen atoms in total. The summed E-state index contributed by atoms with van der Waals surface area (Å²) in [5.74, 6) is -1.18. The summed E-state index contributed by atoms with van der Waals surface area (Å²) in [6.07, 6.45) is 2.70. The van der Waals surface area contributed by atoms with Gasteiger partial charge in [-0.1, -0.05) is 36.3 Å². The number of ether oxygens (including phenoxy) is 1. The summed E-state index contributed by atoms with van der Waals surface area (Å²) in [6.45, 7) is 4.91. The Kier molecular flexibility index (Phi) is 6.92. The lowest BCUT2D eigenvalue weighted by Gasteiger charge is -2.37. The molecule has 0 radical (unpaired) electrons. The third-order valence-corrected chi connectivity index (χ3v) is 6.71. The van der Waals surface area contributed by atoms with Gasteiger partial charge in [0.1, 0.15) is 15.7 Å². The van der Waals surface area contributed by atoms with Crippen molar-refractivity contribution in [3.8, 4) is 0 Å². The average molecular weight is 441 g/mol. The van der Waals surface area contributed by atoms with Crippen LogP contribution in [0.25, 0.3) is 0 Å². The van der Waals surface area contributed by atoms with Crippen molar-refractivity contribution in [2.24, 2.45) is 4.99 Å². The zero-order valence-corrected chi connectivity index (χ0v) is 18.3. The quantitative estimate of drug-likeness (QED) is 0.631. The van der Waals surface area contributed by atoms with Crippen LogP contribution in [-0.4, -0.2) is 60.0 Å². The Morgan fingerprint density at radius 2 is 2.21 bits per heavy atom. The van der Waals surface area contributed by atoms with Crippen LogP contribution in [0, 0.1) is 6.92 Å². The lowest BCUT2D eigenvalue weighted by Crippen LogP contribution is -2.55. The SMILES string of the molecule is CCCC1=C(Cl)N=C(C(=O)N[C@@H]2CCN(c3nc(C)c(C(=O)O)s3)C[C@@H]2OC)C1. The second kappa shape index (κ2) is 9.23. The number of aliphatic imine (C=N–C) groups is 1. The van der Waals surface area contributed by atoms with Crippen LogP contribution in [0.5, 0.6) is 0 Å². The van der Waals surface area contributed by atoms with E-state index in [1.54, 1.807) is 14.0 Å². The van der Waals surface area contributed by atoms with Gasteiger partial charge in [-0.3, -0.25) is 4.79 Å². The van der Waals surface area contributed by atoms with E-state index in [0.717, 1.165) is 29.8 Å². The Balaban J connectivity index is 1.62. The molecule has 0 saturated carbocycles. The number of carboxylic acid groups (broad SMARTS) is 1. The van der Waals surface area contributed by atoms with Gasteiger partial charge >= 0.3 is 5.97 Å². The van der Waals surface area contributed by atoms with Crippen molar-refractivity contribution < 1.29 is 19.4 Å². The molecule has 0 aliphatic carbocycles. The number of carboxylic acids is 1. The number of hydrogen-bond acceptors (Lipinski definition) is 7. The highest BCUT2D eigenvalue weighted by molar-refractivity contribution is 7.17. The normalized spacial score (nSPS) is 22.1. The number of amides is 1. The zero-order chi connectivity index (χ0) is 21.1. The number of nitrogens with zero attached hydrogens (tertiary/aromatic N) is 3. The molecule has 1 aromatic heterocycles. The van der Waals surface area contributed by atoms with E-state index < -0.39 is 5.97 Å². The molecule has 1 amide bonds. The number of carbonyl (C=O) groups excluding carboxylic acids is 1. The molecule has 2 atom stereocenters. The van der Waals surface area contributed by atoms with Crippen LogP contribution < -0.4 is 10.2 Å². The van der Waals surface area contributed by atoms with E-state index in [-0.39, 0.29) is 22.9 Å². The minimum absolute atomic E-state index is 0.166. The van der Waals surface area contributed by atoms with Crippen LogP contribution in [0.2, 0.25) is 0 Å². The van der Waals surface area contributed by atoms with Gasteiger partial charge in [0, 0.05) is 26.6 Å². The lowest BCUT2D eigenvalue weighted by atomic mass is 10.0. The number of nitrogens with one attached hydrogen (secondary N) is 1. The number of thiazole rings is 1. The molecular weight excluding hydrogens is 416 g/mol. The Morgan fingerprint density at radius 3 is 2.83 bits per heavy atom. The van der Waals surface area contributed by atoms with E-state index in [0.29, 0.717) is 47.6 Å². The summed E-state index contributed by atoms with van der Waals surface area (Å²) in [6, 6.07) is -0.166. The van der Waals surface area contributed by atoms with Crippen LogP contribution >= 0.6 is 22.9 Å². The minimum atomic E-state index is -0.969. The molecule has 1 saturated heterocycles. The maximum absolute atomic E-state index is 12.7. The van der Waals surface area contributed by atoms with E-state index in [2.05, 4.69) is 22.2 Å². The van der Waals surface area contributed by atoms with Gasteiger partial charge in [0.05, 0.1) is 17.8 Å². The van der Waals surface area contributed by atoms with Gasteiger partial charge in [-0.2, -0.15) is 0 Å². The summed E-state index contributed by atoms with van der Waals surface area (Å²) in [4.78, 5) is 34.8. The van der Waals surface area contributed by atoms with Gasteiger partial charge in [0.15, 0.2) is 5.13 Å². The van der Waals surface area contributed by atoms with Crippen molar-refractivity contribution in [3.63, 3.8) is 0 Å². The van der Waals surface area contributed by atoms with Crippen molar-refractivity contribution in [1.29, 1.82) is 0 Å². The predicted octanol–water partition coefficient (Wildman–Crippen LogP) is 2.95. The Hall–Kier alpha value is -1.97.